The van der Waals surface area contributed by atoms with Crippen LogP contribution >= 0.6 is 0 Å². The quantitative estimate of drug-likeness (QED) is 0.852. The second-order valence-electron chi connectivity index (χ2n) is 5.58. The molecule has 24 heavy (non-hydrogen) atoms. The number of anilines is 1. The van der Waals surface area contributed by atoms with Crippen molar-refractivity contribution < 1.29 is 19.0 Å². The monoisotopic (exact) mass is 325 g/mol. The minimum atomic E-state index is -0.196. The SMILES string of the molecule is C=C(C)COc1ccc(C(=O)Nc2ccc3c(c2)OCCO3)cc1. The Labute approximate surface area is 140 Å². The minimum Gasteiger partial charge on any atom is -0.489 e. The maximum Gasteiger partial charge on any atom is 0.255 e. The molecule has 1 aliphatic rings. The van der Waals surface area contributed by atoms with Crippen molar-refractivity contribution in [1.29, 1.82) is 0 Å². The molecule has 0 atom stereocenters. The molecule has 2 aromatic carbocycles. The number of carbonyl (C=O) groups is 1. The maximum atomic E-state index is 12.3. The molecular weight excluding hydrogens is 306 g/mol. The lowest BCUT2D eigenvalue weighted by Gasteiger charge is -2.19. The molecular formula is C19H19NO4. The second-order valence-corrected chi connectivity index (χ2v) is 5.58. The highest BCUT2D eigenvalue weighted by molar-refractivity contribution is 6.04. The summed E-state index contributed by atoms with van der Waals surface area (Å²) >= 11 is 0. The van der Waals surface area contributed by atoms with E-state index in [4.69, 9.17) is 14.2 Å². The van der Waals surface area contributed by atoms with E-state index < -0.39 is 0 Å². The van der Waals surface area contributed by atoms with Crippen LogP contribution in [0.5, 0.6) is 17.2 Å². The van der Waals surface area contributed by atoms with E-state index in [-0.39, 0.29) is 5.91 Å². The highest BCUT2D eigenvalue weighted by Crippen LogP contribution is 2.32. The molecule has 0 bridgehead atoms. The standard InChI is InChI=1S/C19H19NO4/c1-13(2)12-24-16-6-3-14(4-7-16)19(21)20-15-5-8-17-18(11-15)23-10-9-22-17/h3-8,11H,1,9-10,12H2,2H3,(H,20,21). The fourth-order valence-electron chi connectivity index (χ4n) is 2.23. The third kappa shape index (κ3) is 3.87. The normalized spacial score (nSPS) is 12.4. The zero-order valence-electron chi connectivity index (χ0n) is 13.5. The van der Waals surface area contributed by atoms with E-state index in [1.165, 1.54) is 0 Å². The van der Waals surface area contributed by atoms with Crippen LogP contribution in [0, 0.1) is 0 Å². The summed E-state index contributed by atoms with van der Waals surface area (Å²) < 4.78 is 16.5. The molecule has 1 amide bonds. The maximum absolute atomic E-state index is 12.3. The molecule has 0 spiro atoms. The van der Waals surface area contributed by atoms with Gasteiger partial charge in [-0.2, -0.15) is 0 Å². The molecule has 3 rings (SSSR count). The smallest absolute Gasteiger partial charge is 0.255 e. The average Bonchev–Trinajstić information content (AvgIpc) is 2.60. The molecule has 5 nitrogen and oxygen atoms in total. The van der Waals surface area contributed by atoms with Crippen molar-refractivity contribution in [2.75, 3.05) is 25.1 Å². The highest BCUT2D eigenvalue weighted by Gasteiger charge is 2.13. The lowest BCUT2D eigenvalue weighted by molar-refractivity contribution is 0.102. The third-order valence-electron chi connectivity index (χ3n) is 3.40. The topological polar surface area (TPSA) is 56.8 Å². The fourth-order valence-corrected chi connectivity index (χ4v) is 2.23. The predicted octanol–water partition coefficient (Wildman–Crippen LogP) is 3.67. The Morgan fingerprint density at radius 1 is 1.12 bits per heavy atom. The van der Waals surface area contributed by atoms with Gasteiger partial charge in [0.05, 0.1) is 0 Å². The lowest BCUT2D eigenvalue weighted by Crippen LogP contribution is -2.16. The number of hydrogen-bond donors (Lipinski definition) is 1. The largest absolute Gasteiger partial charge is 0.489 e. The molecule has 1 aliphatic heterocycles. The van der Waals surface area contributed by atoms with E-state index in [1.807, 2.05) is 6.92 Å². The first-order valence-electron chi connectivity index (χ1n) is 7.70. The molecule has 1 heterocycles. The van der Waals surface area contributed by atoms with Crippen molar-refractivity contribution in [2.45, 2.75) is 6.92 Å². The first-order valence-corrected chi connectivity index (χ1v) is 7.70. The van der Waals surface area contributed by atoms with E-state index in [9.17, 15) is 4.79 Å². The van der Waals surface area contributed by atoms with Gasteiger partial charge in [-0.15, -0.1) is 0 Å². The summed E-state index contributed by atoms with van der Waals surface area (Å²) in [5.41, 5.74) is 2.15. The van der Waals surface area contributed by atoms with Gasteiger partial charge in [0.2, 0.25) is 0 Å². The summed E-state index contributed by atoms with van der Waals surface area (Å²) in [5.74, 6) is 1.84. The van der Waals surface area contributed by atoms with E-state index in [2.05, 4.69) is 11.9 Å². The summed E-state index contributed by atoms with van der Waals surface area (Å²) in [5, 5.41) is 2.85. The van der Waals surface area contributed by atoms with Crippen molar-refractivity contribution in [3.63, 3.8) is 0 Å². The van der Waals surface area contributed by atoms with Gasteiger partial charge in [0, 0.05) is 17.3 Å². The van der Waals surface area contributed by atoms with Gasteiger partial charge in [-0.05, 0) is 48.9 Å². The van der Waals surface area contributed by atoms with Crippen LogP contribution in [0.15, 0.2) is 54.6 Å². The molecule has 0 unspecified atom stereocenters. The first-order chi connectivity index (χ1) is 11.6. The molecule has 0 radical (unpaired) electrons. The molecule has 0 saturated carbocycles. The number of rotatable bonds is 5. The summed E-state index contributed by atoms with van der Waals surface area (Å²) in [6.07, 6.45) is 0. The molecule has 1 N–H and O–H groups in total. The average molecular weight is 325 g/mol. The summed E-state index contributed by atoms with van der Waals surface area (Å²) in [4.78, 5) is 12.3. The van der Waals surface area contributed by atoms with Crippen LogP contribution in [0.2, 0.25) is 0 Å². The van der Waals surface area contributed by atoms with E-state index >= 15 is 0 Å². The molecule has 0 fully saturated rings. The Balaban J connectivity index is 1.65. The zero-order chi connectivity index (χ0) is 16.9. The third-order valence-corrected chi connectivity index (χ3v) is 3.40. The van der Waals surface area contributed by atoms with Crippen molar-refractivity contribution >= 4 is 11.6 Å². The number of carbonyl (C=O) groups excluding carboxylic acids is 1. The van der Waals surface area contributed by atoms with Crippen LogP contribution in [-0.4, -0.2) is 25.7 Å². The Morgan fingerprint density at radius 2 is 1.83 bits per heavy atom. The molecule has 0 saturated heterocycles. The lowest BCUT2D eigenvalue weighted by atomic mass is 10.2. The Morgan fingerprint density at radius 3 is 2.54 bits per heavy atom. The number of benzene rings is 2. The van der Waals surface area contributed by atoms with Crippen LogP contribution in [0.3, 0.4) is 0 Å². The summed E-state index contributed by atoms with van der Waals surface area (Å²) in [6.45, 7) is 7.19. The minimum absolute atomic E-state index is 0.196. The van der Waals surface area contributed by atoms with Gasteiger partial charge in [0.15, 0.2) is 11.5 Å². The summed E-state index contributed by atoms with van der Waals surface area (Å²) in [7, 11) is 0. The van der Waals surface area contributed by atoms with Crippen LogP contribution < -0.4 is 19.5 Å². The van der Waals surface area contributed by atoms with E-state index in [0.717, 1.165) is 5.57 Å². The molecule has 2 aromatic rings. The van der Waals surface area contributed by atoms with Gasteiger partial charge in [0.25, 0.3) is 5.91 Å². The first kappa shape index (κ1) is 15.9. The molecule has 0 aromatic heterocycles. The van der Waals surface area contributed by atoms with E-state index in [0.29, 0.717) is 48.3 Å². The number of ether oxygens (including phenoxy) is 3. The van der Waals surface area contributed by atoms with Crippen LogP contribution in [-0.2, 0) is 0 Å². The molecule has 5 heteroatoms. The number of amides is 1. The highest BCUT2D eigenvalue weighted by atomic mass is 16.6. The van der Waals surface area contributed by atoms with Gasteiger partial charge in [-0.1, -0.05) is 6.58 Å². The van der Waals surface area contributed by atoms with Gasteiger partial charge >= 0.3 is 0 Å². The molecule has 0 aliphatic carbocycles. The van der Waals surface area contributed by atoms with Gasteiger partial charge in [0.1, 0.15) is 25.6 Å². The zero-order valence-corrected chi connectivity index (χ0v) is 13.5. The van der Waals surface area contributed by atoms with Gasteiger partial charge in [-0.25, -0.2) is 0 Å². The van der Waals surface area contributed by atoms with Crippen LogP contribution in [0.25, 0.3) is 0 Å². The van der Waals surface area contributed by atoms with Crippen LogP contribution in [0.1, 0.15) is 17.3 Å². The fraction of sp³-hybridized carbons (Fsp3) is 0.211. The Bertz CT molecular complexity index is 752. The Hall–Kier alpha value is -2.95. The second kappa shape index (κ2) is 7.08. The predicted molar refractivity (Wildman–Crippen MR) is 92.1 cm³/mol. The van der Waals surface area contributed by atoms with Crippen molar-refractivity contribution in [3.8, 4) is 17.2 Å². The van der Waals surface area contributed by atoms with Gasteiger partial charge in [-0.3, -0.25) is 4.79 Å². The van der Waals surface area contributed by atoms with Crippen LogP contribution in [0.4, 0.5) is 5.69 Å². The number of nitrogens with one attached hydrogen (secondary N) is 1. The Kier molecular flexibility index (Phi) is 4.70. The van der Waals surface area contributed by atoms with E-state index in [1.54, 1.807) is 42.5 Å². The van der Waals surface area contributed by atoms with Crippen molar-refractivity contribution in [3.05, 3.63) is 60.2 Å². The van der Waals surface area contributed by atoms with Gasteiger partial charge < -0.3 is 19.5 Å². The number of fused-ring (bicyclic) bond motifs is 1. The summed E-state index contributed by atoms with van der Waals surface area (Å²) in [6, 6.07) is 12.3. The number of hydrogen-bond acceptors (Lipinski definition) is 4. The molecule has 124 valence electrons. The van der Waals surface area contributed by atoms with Crippen molar-refractivity contribution in [2.24, 2.45) is 0 Å². The van der Waals surface area contributed by atoms with Crippen molar-refractivity contribution in [1.82, 2.24) is 0 Å².